The van der Waals surface area contributed by atoms with E-state index in [4.69, 9.17) is 4.74 Å². The van der Waals surface area contributed by atoms with Gasteiger partial charge in [-0.3, -0.25) is 0 Å². The Labute approximate surface area is 69.6 Å². The van der Waals surface area contributed by atoms with Crippen LogP contribution < -0.4 is 4.74 Å². The zero-order valence-corrected chi connectivity index (χ0v) is 6.53. The standard InChI is InChI=1S/C9H8N2O/c1-2-4-8-7(3-1)9-11(10-8)5-6-12-9/h1-4H,5-6H2. The van der Waals surface area contributed by atoms with Gasteiger partial charge in [0.25, 0.3) is 0 Å². The van der Waals surface area contributed by atoms with Crippen LogP contribution in [0.25, 0.3) is 10.9 Å². The monoisotopic (exact) mass is 160 g/mol. The van der Waals surface area contributed by atoms with Crippen molar-refractivity contribution in [1.82, 2.24) is 9.78 Å². The Morgan fingerprint density at radius 3 is 3.25 bits per heavy atom. The molecule has 3 heteroatoms. The van der Waals surface area contributed by atoms with Crippen molar-refractivity contribution in [2.75, 3.05) is 6.61 Å². The van der Waals surface area contributed by atoms with Crippen LogP contribution in [-0.2, 0) is 6.54 Å². The third-order valence-corrected chi connectivity index (χ3v) is 2.14. The lowest BCUT2D eigenvalue weighted by Gasteiger charge is -1.91. The first kappa shape index (κ1) is 6.06. The van der Waals surface area contributed by atoms with Crippen LogP contribution >= 0.6 is 0 Å². The van der Waals surface area contributed by atoms with Gasteiger partial charge in [-0.2, -0.15) is 5.10 Å². The summed E-state index contributed by atoms with van der Waals surface area (Å²) in [7, 11) is 0. The molecule has 0 aliphatic carbocycles. The summed E-state index contributed by atoms with van der Waals surface area (Å²) < 4.78 is 7.37. The summed E-state index contributed by atoms with van der Waals surface area (Å²) in [6.45, 7) is 1.64. The molecular weight excluding hydrogens is 152 g/mol. The third-order valence-electron chi connectivity index (χ3n) is 2.14. The lowest BCUT2D eigenvalue weighted by atomic mass is 10.2. The molecule has 0 unspecified atom stereocenters. The second-order valence-corrected chi connectivity index (χ2v) is 2.89. The molecule has 0 bridgehead atoms. The van der Waals surface area contributed by atoms with Crippen LogP contribution in [0, 0.1) is 0 Å². The molecule has 1 aromatic carbocycles. The predicted octanol–water partition coefficient (Wildman–Crippen LogP) is 1.43. The van der Waals surface area contributed by atoms with Crippen molar-refractivity contribution in [3.05, 3.63) is 24.3 Å². The molecule has 0 amide bonds. The molecule has 1 aliphatic rings. The molecule has 0 radical (unpaired) electrons. The highest BCUT2D eigenvalue weighted by atomic mass is 16.5. The highest BCUT2D eigenvalue weighted by Crippen LogP contribution is 2.27. The van der Waals surface area contributed by atoms with E-state index in [1.165, 1.54) is 0 Å². The van der Waals surface area contributed by atoms with Gasteiger partial charge in [-0.15, -0.1) is 0 Å². The van der Waals surface area contributed by atoms with E-state index in [1.54, 1.807) is 0 Å². The van der Waals surface area contributed by atoms with E-state index in [2.05, 4.69) is 5.10 Å². The van der Waals surface area contributed by atoms with Gasteiger partial charge in [0.05, 0.1) is 17.4 Å². The Bertz CT molecular complexity index is 433. The first-order valence-electron chi connectivity index (χ1n) is 4.03. The average molecular weight is 160 g/mol. The van der Waals surface area contributed by atoms with Crippen LogP contribution in [0.15, 0.2) is 24.3 Å². The number of rotatable bonds is 0. The molecule has 0 fully saturated rings. The summed E-state index contributed by atoms with van der Waals surface area (Å²) in [5.74, 6) is 0.922. The van der Waals surface area contributed by atoms with E-state index in [1.807, 2.05) is 28.9 Å². The Kier molecular flexibility index (Phi) is 1.01. The Hall–Kier alpha value is -1.51. The van der Waals surface area contributed by atoms with Gasteiger partial charge in [-0.25, -0.2) is 4.68 Å². The van der Waals surface area contributed by atoms with Crippen LogP contribution in [0.2, 0.25) is 0 Å². The second-order valence-electron chi connectivity index (χ2n) is 2.89. The van der Waals surface area contributed by atoms with E-state index >= 15 is 0 Å². The molecule has 3 rings (SSSR count). The average Bonchev–Trinajstić information content (AvgIpc) is 2.62. The molecule has 0 spiro atoms. The molecule has 1 aromatic heterocycles. The van der Waals surface area contributed by atoms with E-state index in [0.717, 1.165) is 29.9 Å². The molecule has 60 valence electrons. The van der Waals surface area contributed by atoms with E-state index in [0.29, 0.717) is 0 Å². The third kappa shape index (κ3) is 0.630. The van der Waals surface area contributed by atoms with Crippen molar-refractivity contribution in [1.29, 1.82) is 0 Å². The Morgan fingerprint density at radius 2 is 2.25 bits per heavy atom. The predicted molar refractivity (Wildman–Crippen MR) is 45.2 cm³/mol. The van der Waals surface area contributed by atoms with Crippen molar-refractivity contribution >= 4 is 10.9 Å². The highest BCUT2D eigenvalue weighted by molar-refractivity contribution is 5.84. The summed E-state index contributed by atoms with van der Waals surface area (Å²) in [5, 5.41) is 5.51. The highest BCUT2D eigenvalue weighted by Gasteiger charge is 2.16. The van der Waals surface area contributed by atoms with E-state index < -0.39 is 0 Å². The fraction of sp³-hybridized carbons (Fsp3) is 0.222. The zero-order valence-electron chi connectivity index (χ0n) is 6.53. The van der Waals surface area contributed by atoms with Crippen molar-refractivity contribution in [2.45, 2.75) is 6.54 Å². The minimum absolute atomic E-state index is 0.757. The molecule has 2 aromatic rings. The molecule has 1 aliphatic heterocycles. The van der Waals surface area contributed by atoms with Crippen LogP contribution in [0.4, 0.5) is 0 Å². The normalized spacial score (nSPS) is 14.7. The van der Waals surface area contributed by atoms with Crippen LogP contribution in [-0.4, -0.2) is 16.4 Å². The van der Waals surface area contributed by atoms with Gasteiger partial charge in [-0.05, 0) is 12.1 Å². The molecule has 0 saturated carbocycles. The number of nitrogens with zero attached hydrogens (tertiary/aromatic N) is 2. The molecule has 0 saturated heterocycles. The summed E-state index contributed by atoms with van der Waals surface area (Å²) in [6.07, 6.45) is 0. The van der Waals surface area contributed by atoms with Gasteiger partial charge in [0.15, 0.2) is 0 Å². The maximum Gasteiger partial charge on any atom is 0.220 e. The fourth-order valence-electron chi connectivity index (χ4n) is 1.59. The van der Waals surface area contributed by atoms with Crippen molar-refractivity contribution in [3.8, 4) is 5.88 Å². The van der Waals surface area contributed by atoms with Gasteiger partial charge >= 0.3 is 0 Å². The van der Waals surface area contributed by atoms with E-state index in [-0.39, 0.29) is 0 Å². The number of aromatic nitrogens is 2. The van der Waals surface area contributed by atoms with Crippen LogP contribution in [0.3, 0.4) is 0 Å². The maximum atomic E-state index is 5.45. The van der Waals surface area contributed by atoms with Crippen molar-refractivity contribution < 1.29 is 4.74 Å². The summed E-state index contributed by atoms with van der Waals surface area (Å²) in [4.78, 5) is 0. The first-order chi connectivity index (χ1) is 5.95. The van der Waals surface area contributed by atoms with Gasteiger partial charge in [0.2, 0.25) is 5.88 Å². The minimum atomic E-state index is 0.757. The SMILES string of the molecule is c1ccc2c3n(nc2c1)CCO3. The number of fused-ring (bicyclic) bond motifs is 3. The molecule has 3 nitrogen and oxygen atoms in total. The van der Waals surface area contributed by atoms with Crippen molar-refractivity contribution in [3.63, 3.8) is 0 Å². The topological polar surface area (TPSA) is 27.1 Å². The zero-order chi connectivity index (χ0) is 7.97. The van der Waals surface area contributed by atoms with Crippen molar-refractivity contribution in [2.24, 2.45) is 0 Å². The molecule has 0 atom stereocenters. The molecule has 0 N–H and O–H groups in total. The fourth-order valence-corrected chi connectivity index (χ4v) is 1.59. The quantitative estimate of drug-likeness (QED) is 0.583. The lowest BCUT2D eigenvalue weighted by Crippen LogP contribution is -1.94. The van der Waals surface area contributed by atoms with Gasteiger partial charge < -0.3 is 4.74 Å². The Balaban J connectivity index is 2.44. The Morgan fingerprint density at radius 1 is 1.33 bits per heavy atom. The van der Waals surface area contributed by atoms with Gasteiger partial charge in [-0.1, -0.05) is 12.1 Å². The molecule has 2 heterocycles. The van der Waals surface area contributed by atoms with Gasteiger partial charge in [0, 0.05) is 0 Å². The number of hydrogen-bond donors (Lipinski definition) is 0. The number of ether oxygens (including phenoxy) is 1. The van der Waals surface area contributed by atoms with Crippen LogP contribution in [0.5, 0.6) is 5.88 Å². The largest absolute Gasteiger partial charge is 0.475 e. The van der Waals surface area contributed by atoms with Gasteiger partial charge in [0.1, 0.15) is 6.61 Å². The lowest BCUT2D eigenvalue weighted by molar-refractivity contribution is 0.360. The minimum Gasteiger partial charge on any atom is -0.475 e. The first-order valence-corrected chi connectivity index (χ1v) is 4.03. The maximum absolute atomic E-state index is 5.45. The molecular formula is C9H8N2O. The smallest absolute Gasteiger partial charge is 0.220 e. The summed E-state index contributed by atoms with van der Waals surface area (Å²) in [5.41, 5.74) is 1.02. The molecule has 12 heavy (non-hydrogen) atoms. The number of benzene rings is 1. The second kappa shape index (κ2) is 2.00. The van der Waals surface area contributed by atoms with E-state index in [9.17, 15) is 0 Å². The number of hydrogen-bond acceptors (Lipinski definition) is 2. The summed E-state index contributed by atoms with van der Waals surface area (Å²) >= 11 is 0. The summed E-state index contributed by atoms with van der Waals surface area (Å²) in [6, 6.07) is 8.04. The van der Waals surface area contributed by atoms with Crippen LogP contribution in [0.1, 0.15) is 0 Å².